The molecule has 0 fully saturated rings. The summed E-state index contributed by atoms with van der Waals surface area (Å²) in [7, 11) is -3.66. The fourth-order valence-corrected chi connectivity index (χ4v) is 4.96. The Morgan fingerprint density at radius 1 is 1.04 bits per heavy atom. The number of sulfonamides is 1. The van der Waals surface area contributed by atoms with Crippen molar-refractivity contribution in [2.24, 2.45) is 0 Å². The number of aromatic nitrogens is 1. The minimum Gasteiger partial charge on any atom is -0.326 e. The van der Waals surface area contributed by atoms with Crippen molar-refractivity contribution in [3.8, 4) is 0 Å². The molecule has 1 aliphatic rings. The smallest absolute Gasteiger partial charge is 0.262 e. The van der Waals surface area contributed by atoms with Crippen LogP contribution < -0.4 is 9.62 Å². The summed E-state index contributed by atoms with van der Waals surface area (Å²) < 4.78 is 28.2. The second-order valence-corrected chi connectivity index (χ2v) is 8.81. The first-order valence-corrected chi connectivity index (χ1v) is 10.8. The van der Waals surface area contributed by atoms with Crippen molar-refractivity contribution in [2.45, 2.75) is 31.6 Å². The fraction of sp³-hybridized carbons (Fsp3) is 0.227. The van der Waals surface area contributed by atoms with E-state index in [1.807, 2.05) is 31.2 Å². The SMILES string of the molecule is Cc1ccc(C)c(S(=O)(=O)Nc2ccc(N3CCCc4ccccc43)nc2)c1. The largest absolute Gasteiger partial charge is 0.326 e. The van der Waals surface area contributed by atoms with Crippen molar-refractivity contribution in [2.75, 3.05) is 16.2 Å². The number of rotatable bonds is 4. The molecule has 0 saturated heterocycles. The van der Waals surface area contributed by atoms with Gasteiger partial charge in [-0.1, -0.05) is 30.3 Å². The van der Waals surface area contributed by atoms with E-state index in [0.717, 1.165) is 30.8 Å². The third-order valence-electron chi connectivity index (χ3n) is 5.02. The number of para-hydroxylation sites is 1. The third kappa shape index (κ3) is 3.60. The highest BCUT2D eigenvalue weighted by molar-refractivity contribution is 7.92. The van der Waals surface area contributed by atoms with E-state index in [1.54, 1.807) is 25.3 Å². The maximum atomic E-state index is 12.8. The van der Waals surface area contributed by atoms with Gasteiger partial charge in [0.1, 0.15) is 5.82 Å². The second kappa shape index (κ2) is 7.28. The molecule has 0 aliphatic carbocycles. The second-order valence-electron chi connectivity index (χ2n) is 7.16. The molecule has 4 rings (SSSR count). The molecule has 0 saturated carbocycles. The van der Waals surface area contributed by atoms with E-state index >= 15 is 0 Å². The molecule has 2 heterocycles. The molecule has 1 N–H and O–H groups in total. The molecule has 28 heavy (non-hydrogen) atoms. The Morgan fingerprint density at radius 2 is 1.86 bits per heavy atom. The lowest BCUT2D eigenvalue weighted by molar-refractivity contribution is 0.600. The van der Waals surface area contributed by atoms with Crippen LogP contribution in [-0.2, 0) is 16.4 Å². The van der Waals surface area contributed by atoms with Crippen molar-refractivity contribution < 1.29 is 8.42 Å². The zero-order chi connectivity index (χ0) is 19.7. The van der Waals surface area contributed by atoms with E-state index in [9.17, 15) is 8.42 Å². The van der Waals surface area contributed by atoms with Crippen LogP contribution in [0, 0.1) is 13.8 Å². The zero-order valence-electron chi connectivity index (χ0n) is 16.0. The number of pyridine rings is 1. The molecule has 144 valence electrons. The maximum absolute atomic E-state index is 12.8. The standard InChI is InChI=1S/C22H23N3O2S/c1-16-9-10-17(2)21(14-16)28(26,27)24-19-11-12-22(23-15-19)25-13-5-7-18-6-3-4-8-20(18)25/h3-4,6,8-12,14-15,24H,5,7,13H2,1-2H3. The highest BCUT2D eigenvalue weighted by Gasteiger charge is 2.20. The van der Waals surface area contributed by atoms with Crippen molar-refractivity contribution in [1.29, 1.82) is 0 Å². The molecule has 0 atom stereocenters. The van der Waals surface area contributed by atoms with Crippen LogP contribution in [0.3, 0.4) is 0 Å². The molecule has 0 amide bonds. The minimum atomic E-state index is -3.66. The van der Waals surface area contributed by atoms with Gasteiger partial charge in [0.2, 0.25) is 0 Å². The van der Waals surface area contributed by atoms with Gasteiger partial charge in [0, 0.05) is 12.2 Å². The summed E-state index contributed by atoms with van der Waals surface area (Å²) in [5.41, 5.74) is 4.56. The number of aryl methyl sites for hydroxylation is 3. The van der Waals surface area contributed by atoms with Gasteiger partial charge in [0.25, 0.3) is 10.0 Å². The molecule has 1 aromatic heterocycles. The first-order chi connectivity index (χ1) is 13.4. The topological polar surface area (TPSA) is 62.3 Å². The van der Waals surface area contributed by atoms with E-state index in [1.165, 1.54) is 11.3 Å². The molecular formula is C22H23N3O2S. The Kier molecular flexibility index (Phi) is 4.81. The van der Waals surface area contributed by atoms with E-state index < -0.39 is 10.0 Å². The van der Waals surface area contributed by atoms with E-state index in [-0.39, 0.29) is 0 Å². The molecule has 2 aromatic carbocycles. The summed E-state index contributed by atoms with van der Waals surface area (Å²) in [6.45, 7) is 4.58. The Labute approximate surface area is 166 Å². The average Bonchev–Trinajstić information content (AvgIpc) is 2.70. The molecule has 0 radical (unpaired) electrons. The van der Waals surface area contributed by atoms with Gasteiger partial charge < -0.3 is 4.90 Å². The van der Waals surface area contributed by atoms with Gasteiger partial charge in [-0.25, -0.2) is 13.4 Å². The molecule has 3 aromatic rings. The predicted octanol–water partition coefficient (Wildman–Crippen LogP) is 4.58. The van der Waals surface area contributed by atoms with Gasteiger partial charge in [-0.3, -0.25) is 4.72 Å². The zero-order valence-corrected chi connectivity index (χ0v) is 16.8. The highest BCUT2D eigenvalue weighted by Crippen LogP contribution is 2.32. The third-order valence-corrected chi connectivity index (χ3v) is 6.54. The van der Waals surface area contributed by atoms with Crippen molar-refractivity contribution in [3.63, 3.8) is 0 Å². The number of anilines is 3. The van der Waals surface area contributed by atoms with Gasteiger partial charge in [0.15, 0.2) is 0 Å². The molecule has 1 aliphatic heterocycles. The van der Waals surface area contributed by atoms with Gasteiger partial charge in [-0.15, -0.1) is 0 Å². The van der Waals surface area contributed by atoms with Gasteiger partial charge in [-0.05, 0) is 67.6 Å². The number of benzene rings is 2. The summed E-state index contributed by atoms with van der Waals surface area (Å²) >= 11 is 0. The first-order valence-electron chi connectivity index (χ1n) is 9.36. The molecule has 0 unspecified atom stereocenters. The van der Waals surface area contributed by atoms with E-state index in [2.05, 4.69) is 32.8 Å². The molecular weight excluding hydrogens is 370 g/mol. The number of fused-ring (bicyclic) bond motifs is 1. The van der Waals surface area contributed by atoms with Crippen LogP contribution in [0.25, 0.3) is 0 Å². The summed E-state index contributed by atoms with van der Waals surface area (Å²) in [4.78, 5) is 6.99. The van der Waals surface area contributed by atoms with Crippen LogP contribution in [0.5, 0.6) is 0 Å². The van der Waals surface area contributed by atoms with E-state index in [4.69, 9.17) is 0 Å². The Bertz CT molecular complexity index is 1110. The Balaban J connectivity index is 1.59. The van der Waals surface area contributed by atoms with Crippen molar-refractivity contribution >= 4 is 27.2 Å². The summed E-state index contributed by atoms with van der Waals surface area (Å²) in [5.74, 6) is 0.821. The summed E-state index contributed by atoms with van der Waals surface area (Å²) in [5, 5.41) is 0. The van der Waals surface area contributed by atoms with Gasteiger partial charge in [-0.2, -0.15) is 0 Å². The Hall–Kier alpha value is -2.86. The maximum Gasteiger partial charge on any atom is 0.262 e. The van der Waals surface area contributed by atoms with Gasteiger partial charge >= 0.3 is 0 Å². The molecule has 5 nitrogen and oxygen atoms in total. The quantitative estimate of drug-likeness (QED) is 0.705. The van der Waals surface area contributed by atoms with Crippen molar-refractivity contribution in [3.05, 3.63) is 77.5 Å². The highest BCUT2D eigenvalue weighted by atomic mass is 32.2. The van der Waals surface area contributed by atoms with Crippen LogP contribution in [0.1, 0.15) is 23.1 Å². The lowest BCUT2D eigenvalue weighted by atomic mass is 10.0. The molecule has 0 spiro atoms. The summed E-state index contributed by atoms with van der Waals surface area (Å²) in [6, 6.07) is 17.4. The molecule has 6 heteroatoms. The minimum absolute atomic E-state index is 0.293. The van der Waals surface area contributed by atoms with Gasteiger partial charge in [0.05, 0.1) is 16.8 Å². The number of hydrogen-bond donors (Lipinski definition) is 1. The fourth-order valence-electron chi connectivity index (χ4n) is 3.58. The number of hydrogen-bond acceptors (Lipinski definition) is 4. The normalized spacial score (nSPS) is 13.9. The van der Waals surface area contributed by atoms with Crippen LogP contribution in [0.4, 0.5) is 17.2 Å². The number of nitrogens with zero attached hydrogens (tertiary/aromatic N) is 2. The predicted molar refractivity (Wildman–Crippen MR) is 113 cm³/mol. The first kappa shape index (κ1) is 18.5. The van der Waals surface area contributed by atoms with Crippen LogP contribution in [0.2, 0.25) is 0 Å². The molecule has 0 bridgehead atoms. The lowest BCUT2D eigenvalue weighted by Gasteiger charge is -2.30. The van der Waals surface area contributed by atoms with Crippen molar-refractivity contribution in [1.82, 2.24) is 4.98 Å². The summed E-state index contributed by atoms with van der Waals surface area (Å²) in [6.07, 6.45) is 3.72. The van der Waals surface area contributed by atoms with Crippen LogP contribution in [0.15, 0.2) is 65.7 Å². The average molecular weight is 394 g/mol. The monoisotopic (exact) mass is 393 g/mol. The lowest BCUT2D eigenvalue weighted by Crippen LogP contribution is -2.25. The Morgan fingerprint density at radius 3 is 2.64 bits per heavy atom. The van der Waals surface area contributed by atoms with Crippen LogP contribution in [-0.4, -0.2) is 19.9 Å². The number of nitrogens with one attached hydrogen (secondary N) is 1. The van der Waals surface area contributed by atoms with E-state index in [0.29, 0.717) is 16.1 Å². The van der Waals surface area contributed by atoms with Crippen LogP contribution >= 0.6 is 0 Å².